The van der Waals surface area contributed by atoms with Crippen LogP contribution in [0, 0.1) is 17.8 Å². The van der Waals surface area contributed by atoms with Gasteiger partial charge in [0.1, 0.15) is 29.5 Å². The van der Waals surface area contributed by atoms with Gasteiger partial charge in [-0.25, -0.2) is 4.79 Å². The molecule has 0 aromatic heterocycles. The molecule has 0 aliphatic carbocycles. The Kier molecular flexibility index (Phi) is 30.9. The summed E-state index contributed by atoms with van der Waals surface area (Å²) < 4.78 is 57.3. The lowest BCUT2D eigenvalue weighted by Gasteiger charge is -2.42. The Labute approximate surface area is 499 Å². The van der Waals surface area contributed by atoms with Gasteiger partial charge in [-0.05, 0) is 134 Å². The molecule has 7 atom stereocenters. The Morgan fingerprint density at radius 3 is 1.49 bits per heavy atom. The van der Waals surface area contributed by atoms with Crippen molar-refractivity contribution < 1.29 is 51.6 Å². The zero-order chi connectivity index (χ0) is 61.3. The van der Waals surface area contributed by atoms with E-state index in [4.69, 9.17) is 42.0 Å². The van der Waals surface area contributed by atoms with Gasteiger partial charge in [0.2, 0.25) is 0 Å². The van der Waals surface area contributed by atoms with Crippen molar-refractivity contribution in [1.82, 2.24) is 0 Å². The summed E-state index contributed by atoms with van der Waals surface area (Å²) in [5.74, 6) is 1.39. The third kappa shape index (κ3) is 24.7. The zero-order valence-electron chi connectivity index (χ0n) is 54.6. The molecule has 0 saturated carbocycles. The molecular formula is C69H110O11Si2. The number of methoxy groups -OCH3 is 3. The molecule has 0 N–H and O–H groups in total. The lowest BCUT2D eigenvalue weighted by molar-refractivity contribution is -0.182. The molecule has 0 aliphatic heterocycles. The van der Waals surface area contributed by atoms with E-state index >= 15 is 0 Å². The molecule has 0 heterocycles. The van der Waals surface area contributed by atoms with Gasteiger partial charge in [0.15, 0.2) is 28.5 Å². The van der Waals surface area contributed by atoms with Gasteiger partial charge in [-0.2, -0.15) is 0 Å². The summed E-state index contributed by atoms with van der Waals surface area (Å²) in [5, 5.41) is -0.0292. The molecule has 3 aromatic carbocycles. The molecule has 460 valence electrons. The van der Waals surface area contributed by atoms with E-state index in [1.165, 1.54) is 51.4 Å². The highest BCUT2D eigenvalue weighted by Crippen LogP contribution is 2.41. The van der Waals surface area contributed by atoms with E-state index in [1.54, 1.807) is 34.3 Å². The van der Waals surface area contributed by atoms with Crippen LogP contribution in [0.1, 0.15) is 164 Å². The smallest absolute Gasteiger partial charge is 0.333 e. The molecule has 0 saturated heterocycles. The summed E-state index contributed by atoms with van der Waals surface area (Å²) in [6.07, 6.45) is 14.9. The standard InChI is InChI=1S/C69H110O11Si2/c1-21-22-23-24-25-26-27-28-29-51(3)65(80-82(19,20)69(11,12)13)54(6)43-50(2)42-52(4)64(70)53(5)44-55(7)67(71)79-63(48-75-45-56-30-36-59(72-14)37-31-56)66(77-47-58-34-40-61(74-16)41-35-58)62(49-78-81(17,18)68(8,9)10)76-46-57-32-38-60(73-15)39-33-57/h30-44,51,53-54,62-63,65-66H,21-29,45-49H2,1-20H3/b50-43+,52-42+,55-44+/t51-,53+,54-,62+,63+,65+,66-/m0/s1. The molecule has 0 bridgehead atoms. The highest BCUT2D eigenvalue weighted by molar-refractivity contribution is 6.74. The van der Waals surface area contributed by atoms with Crippen LogP contribution in [0.15, 0.2) is 108 Å². The van der Waals surface area contributed by atoms with Crippen LogP contribution in [0.2, 0.25) is 36.3 Å². The molecular weight excluding hydrogens is 1060 g/mol. The first-order chi connectivity index (χ1) is 38.6. The van der Waals surface area contributed by atoms with E-state index < -0.39 is 46.8 Å². The zero-order valence-corrected chi connectivity index (χ0v) is 56.6. The lowest BCUT2D eigenvalue weighted by atomic mass is 9.88. The SMILES string of the molecule is CCCCCCCCCC[C@H](C)[C@@H](O[Si](C)(C)C(C)(C)C)[C@@H](C)/C=C(C)/C=C(\C)C(=O)[C@H](C)/C=C(\C)C(=O)O[C@H](COCc1ccc(OC)cc1)[C@@H](OCc1ccc(OC)cc1)[C@@H](CO[Si](C)(C)C(C)(C)C)OCc1ccc(OC)cc1. The summed E-state index contributed by atoms with van der Waals surface area (Å²) in [5.41, 5.74) is 4.60. The third-order valence-corrected chi connectivity index (χ3v) is 25.7. The molecule has 0 aliphatic rings. The fourth-order valence-electron chi connectivity index (χ4n) is 9.35. The minimum absolute atomic E-state index is 0.0407. The first kappa shape index (κ1) is 71.9. The number of unbranched alkanes of at least 4 members (excludes halogenated alkanes) is 7. The predicted molar refractivity (Wildman–Crippen MR) is 342 cm³/mol. The van der Waals surface area contributed by atoms with Crippen molar-refractivity contribution >= 4 is 28.4 Å². The van der Waals surface area contributed by atoms with Gasteiger partial charge in [0, 0.05) is 11.5 Å². The summed E-state index contributed by atoms with van der Waals surface area (Å²) >= 11 is 0. The fraction of sp³-hybridized carbons (Fsp3) is 0.623. The number of carbonyl (C=O) groups excluding carboxylic acids is 2. The second kappa shape index (κ2) is 35.2. The van der Waals surface area contributed by atoms with Gasteiger partial charge >= 0.3 is 5.97 Å². The first-order valence-electron chi connectivity index (χ1n) is 30.4. The highest BCUT2D eigenvalue weighted by atomic mass is 28.4. The average molecular weight is 1170 g/mol. The van der Waals surface area contributed by atoms with E-state index in [9.17, 15) is 9.59 Å². The minimum Gasteiger partial charge on any atom is -0.497 e. The number of benzene rings is 3. The second-order valence-corrected chi connectivity index (χ2v) is 35.4. The average Bonchev–Trinajstić information content (AvgIpc) is 3.54. The van der Waals surface area contributed by atoms with Gasteiger partial charge in [0.25, 0.3) is 0 Å². The highest BCUT2D eigenvalue weighted by Gasteiger charge is 2.43. The maximum absolute atomic E-state index is 14.6. The summed E-state index contributed by atoms with van der Waals surface area (Å²) in [6, 6.07) is 23.0. The number of allylic oxidation sites excluding steroid dienone is 4. The molecule has 82 heavy (non-hydrogen) atoms. The summed E-state index contributed by atoms with van der Waals surface area (Å²) in [4.78, 5) is 28.9. The molecule has 3 rings (SSSR count). The Morgan fingerprint density at radius 2 is 1.01 bits per heavy atom. The Bertz CT molecular complexity index is 2410. The van der Waals surface area contributed by atoms with Gasteiger partial charge < -0.3 is 42.0 Å². The molecule has 0 spiro atoms. The van der Waals surface area contributed by atoms with Crippen molar-refractivity contribution in [2.45, 2.75) is 228 Å². The molecule has 0 radical (unpaired) electrons. The fourth-order valence-corrected chi connectivity index (χ4v) is 11.8. The molecule has 0 amide bonds. The molecule has 0 unspecified atom stereocenters. The van der Waals surface area contributed by atoms with Gasteiger partial charge in [-0.1, -0.05) is 181 Å². The molecule has 13 heteroatoms. The number of ketones is 1. The van der Waals surface area contributed by atoms with E-state index in [-0.39, 0.29) is 66.5 Å². The van der Waals surface area contributed by atoms with Crippen LogP contribution >= 0.6 is 0 Å². The number of Topliss-reactive ketones (excluding diaryl/α,β-unsaturated/α-hetero) is 1. The maximum atomic E-state index is 14.6. The third-order valence-electron chi connectivity index (χ3n) is 16.8. The number of carbonyl (C=O) groups is 2. The van der Waals surface area contributed by atoms with Crippen molar-refractivity contribution in [3.63, 3.8) is 0 Å². The van der Waals surface area contributed by atoms with Gasteiger partial charge in [-0.3, -0.25) is 4.79 Å². The van der Waals surface area contributed by atoms with Crippen LogP contribution < -0.4 is 14.2 Å². The predicted octanol–water partition coefficient (Wildman–Crippen LogP) is 17.6. The monoisotopic (exact) mass is 1170 g/mol. The Morgan fingerprint density at radius 1 is 0.549 bits per heavy atom. The van der Waals surface area contributed by atoms with Crippen molar-refractivity contribution in [2.24, 2.45) is 17.8 Å². The van der Waals surface area contributed by atoms with Crippen molar-refractivity contribution in [1.29, 1.82) is 0 Å². The van der Waals surface area contributed by atoms with E-state index in [1.807, 2.05) is 92.7 Å². The van der Waals surface area contributed by atoms with Gasteiger partial charge in [0.05, 0.1) is 60.5 Å². The normalized spacial score (nSPS) is 15.7. The lowest BCUT2D eigenvalue weighted by Crippen LogP contribution is -2.50. The van der Waals surface area contributed by atoms with Crippen molar-refractivity contribution in [3.05, 3.63) is 124 Å². The van der Waals surface area contributed by atoms with Crippen molar-refractivity contribution in [2.75, 3.05) is 34.5 Å². The Hall–Kier alpha value is -4.35. The molecule has 0 fully saturated rings. The number of hydrogen-bond acceptors (Lipinski definition) is 11. The van der Waals surface area contributed by atoms with Crippen LogP contribution in [0.25, 0.3) is 0 Å². The Balaban J connectivity index is 2.01. The topological polar surface area (TPSA) is 117 Å². The number of esters is 1. The largest absolute Gasteiger partial charge is 0.497 e. The van der Waals surface area contributed by atoms with E-state index in [0.717, 1.165) is 45.9 Å². The van der Waals surface area contributed by atoms with Crippen LogP contribution in [-0.4, -0.2) is 87.3 Å². The summed E-state index contributed by atoms with van der Waals surface area (Å²) in [6.45, 7) is 37.6. The summed E-state index contributed by atoms with van der Waals surface area (Å²) in [7, 11) is 0.450. The maximum Gasteiger partial charge on any atom is 0.333 e. The number of rotatable bonds is 38. The van der Waals surface area contributed by atoms with E-state index in [0.29, 0.717) is 11.5 Å². The van der Waals surface area contributed by atoms with Crippen molar-refractivity contribution in [3.8, 4) is 17.2 Å². The molecule has 3 aromatic rings. The number of ether oxygens (including phenoxy) is 7. The van der Waals surface area contributed by atoms with Crippen LogP contribution in [-0.2, 0) is 57.2 Å². The van der Waals surface area contributed by atoms with Crippen LogP contribution in [0.5, 0.6) is 17.2 Å². The first-order valence-corrected chi connectivity index (χ1v) is 36.2. The second-order valence-electron chi connectivity index (χ2n) is 25.9. The number of hydrogen-bond donors (Lipinski definition) is 0. The van der Waals surface area contributed by atoms with Crippen LogP contribution in [0.3, 0.4) is 0 Å². The minimum atomic E-state index is -2.36. The molecule has 11 nitrogen and oxygen atoms in total. The quantitative estimate of drug-likeness (QED) is 0.0179. The van der Waals surface area contributed by atoms with Crippen LogP contribution in [0.4, 0.5) is 0 Å². The van der Waals surface area contributed by atoms with E-state index in [2.05, 4.69) is 102 Å². The van der Waals surface area contributed by atoms with Gasteiger partial charge in [-0.15, -0.1) is 0 Å².